The quantitative estimate of drug-likeness (QED) is 0.262. The molecule has 0 N–H and O–H groups in total. The number of allylic oxidation sites excluding steroid dienone is 3. The number of anilines is 2. The summed E-state index contributed by atoms with van der Waals surface area (Å²) in [5.74, 6) is 0. The molecular formula is C30H24BNS. The molecular weight excluding hydrogens is 417 g/mol. The molecule has 0 amide bonds. The minimum atomic E-state index is 0.195. The predicted molar refractivity (Wildman–Crippen MR) is 147 cm³/mol. The topological polar surface area (TPSA) is 3.24 Å². The Hall–Kier alpha value is -3.56. The lowest BCUT2D eigenvalue weighted by Gasteiger charge is -2.39. The van der Waals surface area contributed by atoms with Crippen LogP contribution in [0.25, 0.3) is 20.2 Å². The maximum Gasteiger partial charge on any atom is 0.246 e. The van der Waals surface area contributed by atoms with E-state index in [1.54, 1.807) is 0 Å². The van der Waals surface area contributed by atoms with Crippen molar-refractivity contribution in [1.82, 2.24) is 0 Å². The van der Waals surface area contributed by atoms with Gasteiger partial charge in [0, 0.05) is 31.9 Å². The number of hydrogen-bond acceptors (Lipinski definition) is 2. The molecule has 0 spiro atoms. The van der Waals surface area contributed by atoms with Gasteiger partial charge >= 0.3 is 0 Å². The maximum atomic E-state index is 2.42. The van der Waals surface area contributed by atoms with Crippen LogP contribution in [0, 0.1) is 0 Å². The molecule has 1 aliphatic heterocycles. The van der Waals surface area contributed by atoms with E-state index in [0.717, 1.165) is 0 Å². The molecule has 0 saturated heterocycles. The van der Waals surface area contributed by atoms with Crippen molar-refractivity contribution in [2.45, 2.75) is 13.8 Å². The zero-order chi connectivity index (χ0) is 22.4. The molecule has 6 rings (SSSR count). The van der Waals surface area contributed by atoms with Gasteiger partial charge in [0.2, 0.25) is 6.71 Å². The molecule has 1 aliphatic rings. The van der Waals surface area contributed by atoms with Crippen molar-refractivity contribution in [2.24, 2.45) is 0 Å². The van der Waals surface area contributed by atoms with Gasteiger partial charge in [0.05, 0.1) is 0 Å². The number of fused-ring (bicyclic) bond motifs is 4. The second-order valence-corrected chi connectivity index (χ2v) is 9.52. The fourth-order valence-corrected chi connectivity index (χ4v) is 6.34. The van der Waals surface area contributed by atoms with Crippen LogP contribution in [-0.2, 0) is 0 Å². The Labute approximate surface area is 199 Å². The lowest BCUT2D eigenvalue weighted by Crippen LogP contribution is -2.51. The molecule has 0 fully saturated rings. The molecule has 5 aromatic rings. The first-order chi connectivity index (χ1) is 16.3. The van der Waals surface area contributed by atoms with Gasteiger partial charge in [-0.15, -0.1) is 11.3 Å². The van der Waals surface area contributed by atoms with E-state index in [1.165, 1.54) is 53.6 Å². The normalized spacial score (nSPS) is 16.2. The van der Waals surface area contributed by atoms with Crippen molar-refractivity contribution in [2.75, 3.05) is 4.90 Å². The molecule has 158 valence electrons. The van der Waals surface area contributed by atoms with Crippen molar-refractivity contribution >= 4 is 60.5 Å². The predicted octanol–water partition coefficient (Wildman–Crippen LogP) is 7.20. The van der Waals surface area contributed by atoms with Crippen molar-refractivity contribution in [3.8, 4) is 0 Å². The summed E-state index contributed by atoms with van der Waals surface area (Å²) in [6.45, 7) is 4.51. The first-order valence-electron chi connectivity index (χ1n) is 11.5. The zero-order valence-corrected chi connectivity index (χ0v) is 19.6. The number of hydrogen-bond donors (Lipinski definition) is 0. The third-order valence-electron chi connectivity index (χ3n) is 6.67. The van der Waals surface area contributed by atoms with E-state index in [-0.39, 0.29) is 6.71 Å². The van der Waals surface area contributed by atoms with Gasteiger partial charge in [-0.2, -0.15) is 0 Å². The first kappa shape index (κ1) is 20.1. The fraction of sp³-hybridized carbons (Fsp3) is 0.0667. The van der Waals surface area contributed by atoms with Crippen molar-refractivity contribution in [3.05, 3.63) is 120 Å². The van der Waals surface area contributed by atoms with E-state index in [2.05, 4.69) is 128 Å². The van der Waals surface area contributed by atoms with Gasteiger partial charge in [-0.1, -0.05) is 84.3 Å². The monoisotopic (exact) mass is 441 g/mol. The summed E-state index contributed by atoms with van der Waals surface area (Å²) >= 11 is 1.88. The summed E-state index contributed by atoms with van der Waals surface area (Å²) in [5, 5.41) is 2.70. The highest BCUT2D eigenvalue weighted by atomic mass is 32.1. The number of rotatable bonds is 2. The highest BCUT2D eigenvalue weighted by Crippen LogP contribution is 2.38. The van der Waals surface area contributed by atoms with Crippen molar-refractivity contribution in [3.63, 3.8) is 0 Å². The summed E-state index contributed by atoms with van der Waals surface area (Å²) < 4.78 is 2.70. The van der Waals surface area contributed by atoms with Crippen LogP contribution in [0.1, 0.15) is 13.8 Å². The lowest BCUT2D eigenvalue weighted by atomic mass is 9.34. The molecule has 0 saturated carbocycles. The van der Waals surface area contributed by atoms with Gasteiger partial charge in [0.25, 0.3) is 0 Å². The molecule has 1 aromatic heterocycles. The van der Waals surface area contributed by atoms with Crippen molar-refractivity contribution < 1.29 is 0 Å². The lowest BCUT2D eigenvalue weighted by molar-refractivity contribution is 1.18. The van der Waals surface area contributed by atoms with Crippen LogP contribution in [0.15, 0.2) is 120 Å². The average molecular weight is 441 g/mol. The van der Waals surface area contributed by atoms with E-state index >= 15 is 0 Å². The highest BCUT2D eigenvalue weighted by Gasteiger charge is 2.36. The Bertz CT molecular complexity index is 1540. The molecule has 4 aromatic carbocycles. The number of nitrogens with zero attached hydrogens (tertiary/aromatic N) is 1. The average Bonchev–Trinajstić information content (AvgIpc) is 3.25. The summed E-state index contributed by atoms with van der Waals surface area (Å²) in [5.41, 5.74) is 7.73. The second kappa shape index (κ2) is 8.10. The third-order valence-corrected chi connectivity index (χ3v) is 7.82. The summed E-state index contributed by atoms with van der Waals surface area (Å²) in [7, 11) is 0. The molecule has 2 heterocycles. The fourth-order valence-electron chi connectivity index (χ4n) is 5.26. The Morgan fingerprint density at radius 2 is 1.42 bits per heavy atom. The number of thiophene rings is 1. The standard InChI is InChI=1S/C30H24BNS/c1-3-25-27(4-2)32(22-12-6-5-7-13-22)28-16-10-9-15-26(28)31(25)21-18-19-30-24(20-21)23-14-8-11-17-29(23)33-30/h3-20H,1-2H3. The Morgan fingerprint density at radius 3 is 2.24 bits per heavy atom. The Morgan fingerprint density at radius 1 is 0.697 bits per heavy atom. The van der Waals surface area contributed by atoms with E-state index in [4.69, 9.17) is 0 Å². The Balaban J connectivity index is 1.61. The van der Waals surface area contributed by atoms with E-state index in [9.17, 15) is 0 Å². The third kappa shape index (κ3) is 3.15. The molecule has 0 radical (unpaired) electrons. The van der Waals surface area contributed by atoms with Crippen LogP contribution in [0.5, 0.6) is 0 Å². The van der Waals surface area contributed by atoms with Crippen LogP contribution in [-0.4, -0.2) is 6.71 Å². The van der Waals surface area contributed by atoms with Crippen LogP contribution >= 0.6 is 11.3 Å². The molecule has 3 heteroatoms. The molecule has 1 nitrogen and oxygen atoms in total. The molecule has 0 unspecified atom stereocenters. The molecule has 0 aliphatic carbocycles. The first-order valence-corrected chi connectivity index (χ1v) is 12.3. The van der Waals surface area contributed by atoms with Crippen molar-refractivity contribution in [1.29, 1.82) is 0 Å². The van der Waals surface area contributed by atoms with E-state index in [1.807, 2.05) is 11.3 Å². The summed E-state index contributed by atoms with van der Waals surface area (Å²) in [4.78, 5) is 2.40. The minimum absolute atomic E-state index is 0.195. The van der Waals surface area contributed by atoms with Crippen LogP contribution in [0.3, 0.4) is 0 Å². The van der Waals surface area contributed by atoms with E-state index < -0.39 is 0 Å². The molecule has 0 atom stereocenters. The number of para-hydroxylation sites is 2. The van der Waals surface area contributed by atoms with Crippen LogP contribution in [0.4, 0.5) is 11.4 Å². The largest absolute Gasteiger partial charge is 0.312 e. The van der Waals surface area contributed by atoms with Gasteiger partial charge in [-0.25, -0.2) is 0 Å². The van der Waals surface area contributed by atoms with Gasteiger partial charge in [-0.05, 0) is 60.5 Å². The van der Waals surface area contributed by atoms with E-state index in [0.29, 0.717) is 0 Å². The van der Waals surface area contributed by atoms with Gasteiger partial charge in [0.15, 0.2) is 0 Å². The van der Waals surface area contributed by atoms with Crippen LogP contribution < -0.4 is 15.8 Å². The van der Waals surface area contributed by atoms with Gasteiger partial charge < -0.3 is 4.90 Å². The molecule has 33 heavy (non-hydrogen) atoms. The second-order valence-electron chi connectivity index (χ2n) is 8.43. The Kier molecular flexibility index (Phi) is 4.93. The van der Waals surface area contributed by atoms with Gasteiger partial charge in [-0.3, -0.25) is 0 Å². The summed E-state index contributed by atoms with van der Waals surface area (Å²) in [6.07, 6.45) is 4.55. The minimum Gasteiger partial charge on any atom is -0.312 e. The SMILES string of the molecule is CC=C1B(c2ccc3sc4ccccc4c3c2)c2ccccc2N(c2ccccc2)C1=CC. The summed E-state index contributed by atoms with van der Waals surface area (Å²) in [6, 6.07) is 35.4. The number of benzene rings is 4. The zero-order valence-electron chi connectivity index (χ0n) is 18.8. The molecule has 0 bridgehead atoms. The van der Waals surface area contributed by atoms with Gasteiger partial charge in [0.1, 0.15) is 0 Å². The maximum absolute atomic E-state index is 2.42. The smallest absolute Gasteiger partial charge is 0.246 e. The highest BCUT2D eigenvalue weighted by molar-refractivity contribution is 7.25. The van der Waals surface area contributed by atoms with Crippen LogP contribution in [0.2, 0.25) is 0 Å².